The monoisotopic (exact) mass is 558 g/mol. The minimum atomic E-state index is -4.98. The fraction of sp³-hybridized carbons (Fsp3) is 0.333. The number of alkyl halides is 3. The van der Waals surface area contributed by atoms with Gasteiger partial charge in [-0.3, -0.25) is 0 Å². The molecule has 4 aromatic rings. The summed E-state index contributed by atoms with van der Waals surface area (Å²) in [5.74, 6) is -2.60. The van der Waals surface area contributed by atoms with Crippen LogP contribution in [0.25, 0.3) is 10.8 Å². The Bertz CT molecular complexity index is 1440. The highest BCUT2D eigenvalue weighted by atomic mass is 19.4. The maximum atomic E-state index is 15.2. The van der Waals surface area contributed by atoms with E-state index in [9.17, 15) is 22.0 Å². The second kappa shape index (κ2) is 13.2. The second-order valence-electron chi connectivity index (χ2n) is 10.1. The van der Waals surface area contributed by atoms with Gasteiger partial charge in [0, 0.05) is 5.39 Å². The Labute approximate surface area is 230 Å². The molecule has 0 atom stereocenters. The molecule has 0 aliphatic carbocycles. The topological polar surface area (TPSA) is 9.23 Å². The van der Waals surface area contributed by atoms with Gasteiger partial charge < -0.3 is 4.74 Å². The zero-order chi connectivity index (χ0) is 28.7. The van der Waals surface area contributed by atoms with Crippen molar-refractivity contribution in [3.63, 3.8) is 0 Å². The molecule has 0 saturated heterocycles. The maximum absolute atomic E-state index is 15.2. The number of rotatable bonds is 12. The van der Waals surface area contributed by atoms with Crippen molar-refractivity contribution in [3.05, 3.63) is 112 Å². The molecule has 0 bridgehead atoms. The lowest BCUT2D eigenvalue weighted by molar-refractivity contribution is -0.275. The highest BCUT2D eigenvalue weighted by Crippen LogP contribution is 2.28. The Hall–Kier alpha value is -3.48. The SMILES string of the molecule is CCCCCCc1ccc(CCc2ccc3c(F)c(CCc4ccc(OC(F)(F)F)c(F)c4)ccc3c2)c(F)c1. The zero-order valence-corrected chi connectivity index (χ0v) is 22.4. The minimum Gasteiger partial charge on any atom is -0.403 e. The average Bonchev–Trinajstić information content (AvgIpc) is 2.91. The average molecular weight is 559 g/mol. The van der Waals surface area contributed by atoms with Crippen molar-refractivity contribution < 1.29 is 31.1 Å². The third-order valence-electron chi connectivity index (χ3n) is 7.12. The molecule has 7 heteroatoms. The Morgan fingerprint density at radius 2 is 1.23 bits per heavy atom. The molecule has 0 aliphatic rings. The summed E-state index contributed by atoms with van der Waals surface area (Å²) in [4.78, 5) is 0. The number of benzene rings is 4. The van der Waals surface area contributed by atoms with Crippen LogP contribution in [-0.4, -0.2) is 6.36 Å². The van der Waals surface area contributed by atoms with E-state index in [0.29, 0.717) is 34.9 Å². The Kier molecular flexibility index (Phi) is 9.77. The van der Waals surface area contributed by atoms with E-state index in [0.717, 1.165) is 47.9 Å². The van der Waals surface area contributed by atoms with E-state index in [1.54, 1.807) is 18.2 Å². The summed E-state index contributed by atoms with van der Waals surface area (Å²) in [6, 6.07) is 17.6. The van der Waals surface area contributed by atoms with Crippen LogP contribution in [0.5, 0.6) is 5.75 Å². The van der Waals surface area contributed by atoms with Crippen molar-refractivity contribution in [1.29, 1.82) is 0 Å². The molecule has 4 aromatic carbocycles. The molecule has 0 aliphatic heterocycles. The lowest BCUT2D eigenvalue weighted by Gasteiger charge is -2.11. The van der Waals surface area contributed by atoms with Gasteiger partial charge in [-0.05, 0) is 89.9 Å². The van der Waals surface area contributed by atoms with E-state index in [4.69, 9.17) is 0 Å². The zero-order valence-electron chi connectivity index (χ0n) is 22.4. The van der Waals surface area contributed by atoms with Gasteiger partial charge in [0.05, 0.1) is 0 Å². The molecular weight excluding hydrogens is 526 g/mol. The lowest BCUT2D eigenvalue weighted by atomic mass is 9.96. The van der Waals surface area contributed by atoms with Crippen molar-refractivity contribution in [1.82, 2.24) is 0 Å². The maximum Gasteiger partial charge on any atom is 0.573 e. The summed E-state index contributed by atoms with van der Waals surface area (Å²) < 4.78 is 84.6. The first-order valence-corrected chi connectivity index (χ1v) is 13.6. The van der Waals surface area contributed by atoms with Crippen LogP contribution in [-0.2, 0) is 32.1 Å². The summed E-state index contributed by atoms with van der Waals surface area (Å²) in [6.45, 7) is 2.16. The van der Waals surface area contributed by atoms with Gasteiger partial charge in [-0.25, -0.2) is 13.2 Å². The van der Waals surface area contributed by atoms with Gasteiger partial charge in [-0.1, -0.05) is 74.7 Å². The first-order valence-electron chi connectivity index (χ1n) is 13.6. The molecule has 40 heavy (non-hydrogen) atoms. The van der Waals surface area contributed by atoms with E-state index < -0.39 is 17.9 Å². The van der Waals surface area contributed by atoms with Crippen molar-refractivity contribution in [3.8, 4) is 5.75 Å². The van der Waals surface area contributed by atoms with E-state index >= 15 is 4.39 Å². The van der Waals surface area contributed by atoms with Crippen LogP contribution in [0.3, 0.4) is 0 Å². The van der Waals surface area contributed by atoms with Crippen molar-refractivity contribution >= 4 is 10.8 Å². The van der Waals surface area contributed by atoms with E-state index in [2.05, 4.69) is 11.7 Å². The van der Waals surface area contributed by atoms with Gasteiger partial charge >= 0.3 is 6.36 Å². The minimum absolute atomic E-state index is 0.188. The van der Waals surface area contributed by atoms with Crippen LogP contribution in [0.4, 0.5) is 26.3 Å². The van der Waals surface area contributed by atoms with Gasteiger partial charge in [0.2, 0.25) is 0 Å². The predicted octanol–water partition coefficient (Wildman–Crippen LogP) is 9.85. The van der Waals surface area contributed by atoms with Gasteiger partial charge in [0.15, 0.2) is 11.6 Å². The Balaban J connectivity index is 1.37. The highest BCUT2D eigenvalue weighted by molar-refractivity contribution is 5.84. The molecule has 0 radical (unpaired) electrons. The van der Waals surface area contributed by atoms with E-state index in [-0.39, 0.29) is 24.5 Å². The third-order valence-corrected chi connectivity index (χ3v) is 7.12. The van der Waals surface area contributed by atoms with Crippen molar-refractivity contribution in [2.45, 2.75) is 71.1 Å². The van der Waals surface area contributed by atoms with Crippen LogP contribution >= 0.6 is 0 Å². The fourth-order valence-corrected chi connectivity index (χ4v) is 4.91. The normalized spacial score (nSPS) is 11.8. The van der Waals surface area contributed by atoms with Crippen LogP contribution in [0.1, 0.15) is 60.4 Å². The Morgan fingerprint density at radius 3 is 1.93 bits per heavy atom. The summed E-state index contributed by atoms with van der Waals surface area (Å²) in [6.07, 6.45) is 2.13. The van der Waals surface area contributed by atoms with Gasteiger partial charge in [0.25, 0.3) is 0 Å². The van der Waals surface area contributed by atoms with Crippen molar-refractivity contribution in [2.75, 3.05) is 0 Å². The standard InChI is InChI=1S/C33H32F6O/c1-2-3-4-5-6-22-7-12-25(29(34)20-22)13-8-23-10-17-28-27(19-23)16-15-26(32(28)36)14-9-24-11-18-31(30(35)21-24)40-33(37,38)39/h7,10-12,15-21H,2-6,8-9,13-14H2,1H3. The molecule has 4 rings (SSSR count). The number of aryl methyl sites for hydroxylation is 5. The molecule has 0 fully saturated rings. The van der Waals surface area contributed by atoms with Crippen LogP contribution in [0.2, 0.25) is 0 Å². The van der Waals surface area contributed by atoms with E-state index in [1.807, 2.05) is 30.3 Å². The quantitative estimate of drug-likeness (QED) is 0.124. The highest BCUT2D eigenvalue weighted by Gasteiger charge is 2.32. The predicted molar refractivity (Wildman–Crippen MR) is 146 cm³/mol. The van der Waals surface area contributed by atoms with Gasteiger partial charge in [0.1, 0.15) is 11.6 Å². The molecule has 0 saturated carbocycles. The molecule has 0 amide bonds. The second-order valence-corrected chi connectivity index (χ2v) is 10.1. The molecule has 0 unspecified atom stereocenters. The van der Waals surface area contributed by atoms with Crippen LogP contribution in [0, 0.1) is 17.5 Å². The van der Waals surface area contributed by atoms with Crippen LogP contribution in [0.15, 0.2) is 66.7 Å². The summed E-state index contributed by atoms with van der Waals surface area (Å²) >= 11 is 0. The molecule has 0 heterocycles. The summed E-state index contributed by atoms with van der Waals surface area (Å²) in [7, 11) is 0. The molecule has 0 N–H and O–H groups in total. The number of hydrogen-bond donors (Lipinski definition) is 0. The van der Waals surface area contributed by atoms with Crippen molar-refractivity contribution in [2.24, 2.45) is 0 Å². The summed E-state index contributed by atoms with van der Waals surface area (Å²) in [5, 5.41) is 1.17. The van der Waals surface area contributed by atoms with Gasteiger partial charge in [-0.15, -0.1) is 13.2 Å². The molecule has 212 valence electrons. The molecule has 0 aromatic heterocycles. The molecular formula is C33H32F6O. The number of halogens is 6. The van der Waals surface area contributed by atoms with Gasteiger partial charge in [-0.2, -0.15) is 0 Å². The largest absolute Gasteiger partial charge is 0.573 e. The first-order chi connectivity index (χ1) is 19.1. The Morgan fingerprint density at radius 1 is 0.600 bits per heavy atom. The molecule has 0 spiro atoms. The first kappa shape index (κ1) is 29.5. The fourth-order valence-electron chi connectivity index (χ4n) is 4.91. The number of unbranched alkanes of at least 4 members (excludes halogenated alkanes) is 3. The van der Waals surface area contributed by atoms with Crippen LogP contribution < -0.4 is 4.74 Å². The number of fused-ring (bicyclic) bond motifs is 1. The number of ether oxygens (including phenoxy) is 1. The molecule has 1 nitrogen and oxygen atoms in total. The summed E-state index contributed by atoms with van der Waals surface area (Å²) in [5.41, 5.74) is 3.51. The smallest absolute Gasteiger partial charge is 0.403 e. The lowest BCUT2D eigenvalue weighted by Crippen LogP contribution is -2.18. The number of hydrogen-bond acceptors (Lipinski definition) is 1. The van der Waals surface area contributed by atoms with E-state index in [1.165, 1.54) is 18.9 Å². The third kappa shape index (κ3) is 8.03.